The van der Waals surface area contributed by atoms with Crippen LogP contribution in [0.2, 0.25) is 0 Å². The topological polar surface area (TPSA) is 79.3 Å². The summed E-state index contributed by atoms with van der Waals surface area (Å²) in [6.45, 7) is 3.46. The van der Waals surface area contributed by atoms with Gasteiger partial charge in [-0.15, -0.1) is 0 Å². The number of aliphatic carboxylic acids is 1. The number of halogens is 1. The maximum absolute atomic E-state index is 11.7. The molecule has 1 atom stereocenters. The van der Waals surface area contributed by atoms with Gasteiger partial charge < -0.3 is 10.4 Å². The van der Waals surface area contributed by atoms with E-state index in [1.807, 2.05) is 0 Å². The molecule has 5 nitrogen and oxygen atoms in total. The van der Waals surface area contributed by atoms with Gasteiger partial charge in [0.1, 0.15) is 11.7 Å². The summed E-state index contributed by atoms with van der Waals surface area (Å²) in [6.07, 6.45) is 1.49. The molecule has 1 aromatic heterocycles. The number of nitrogens with zero attached hydrogens (tertiary/aromatic N) is 1. The predicted molar refractivity (Wildman–Crippen MR) is 65.7 cm³/mol. The predicted octanol–water partition coefficient (Wildman–Crippen LogP) is 1.68. The minimum Gasteiger partial charge on any atom is -0.480 e. The molecule has 0 unspecified atom stereocenters. The lowest BCUT2D eigenvalue weighted by Gasteiger charge is -2.17. The van der Waals surface area contributed by atoms with Crippen molar-refractivity contribution in [2.24, 2.45) is 5.92 Å². The number of carbonyl (C=O) groups excluding carboxylic acids is 1. The molecular formula is C11H13BrN2O3. The molecule has 17 heavy (non-hydrogen) atoms. The van der Waals surface area contributed by atoms with Gasteiger partial charge in [0, 0.05) is 10.7 Å². The van der Waals surface area contributed by atoms with Crippen LogP contribution in [-0.4, -0.2) is 28.0 Å². The summed E-state index contributed by atoms with van der Waals surface area (Å²) in [4.78, 5) is 26.5. The van der Waals surface area contributed by atoms with Crippen LogP contribution in [-0.2, 0) is 4.79 Å². The number of aromatic nitrogens is 1. The fourth-order valence-corrected chi connectivity index (χ4v) is 1.47. The Morgan fingerprint density at radius 1 is 1.41 bits per heavy atom. The van der Waals surface area contributed by atoms with Crippen LogP contribution in [0.4, 0.5) is 0 Å². The molecule has 0 spiro atoms. The van der Waals surface area contributed by atoms with E-state index in [0.717, 1.165) is 4.47 Å². The van der Waals surface area contributed by atoms with Gasteiger partial charge in [-0.05, 0) is 34.0 Å². The molecule has 92 valence electrons. The summed E-state index contributed by atoms with van der Waals surface area (Å²) in [5, 5.41) is 11.4. The molecule has 0 aromatic carbocycles. The number of pyridine rings is 1. The monoisotopic (exact) mass is 300 g/mol. The third-order valence-corrected chi connectivity index (χ3v) is 2.65. The lowest BCUT2D eigenvalue weighted by Crippen LogP contribution is -2.44. The van der Waals surface area contributed by atoms with E-state index >= 15 is 0 Å². The molecule has 1 amide bonds. The fraction of sp³-hybridized carbons (Fsp3) is 0.364. The number of carbonyl (C=O) groups is 2. The van der Waals surface area contributed by atoms with E-state index in [0.29, 0.717) is 0 Å². The molecule has 0 aliphatic heterocycles. The molecule has 0 aliphatic rings. The van der Waals surface area contributed by atoms with Crippen LogP contribution >= 0.6 is 15.9 Å². The second-order valence-electron chi connectivity index (χ2n) is 3.90. The summed E-state index contributed by atoms with van der Waals surface area (Å²) in [6, 6.07) is 2.29. The fourth-order valence-electron chi connectivity index (χ4n) is 1.24. The van der Waals surface area contributed by atoms with Gasteiger partial charge in [0.2, 0.25) is 0 Å². The second kappa shape index (κ2) is 5.77. The van der Waals surface area contributed by atoms with Crippen LogP contribution in [0.3, 0.4) is 0 Å². The van der Waals surface area contributed by atoms with Gasteiger partial charge in [-0.1, -0.05) is 13.8 Å². The molecule has 1 rings (SSSR count). The van der Waals surface area contributed by atoms with Gasteiger partial charge in [-0.3, -0.25) is 4.79 Å². The van der Waals surface area contributed by atoms with Crippen LogP contribution in [0.5, 0.6) is 0 Å². The number of hydrogen-bond donors (Lipinski definition) is 2. The molecule has 0 fully saturated rings. The first kappa shape index (κ1) is 13.6. The van der Waals surface area contributed by atoms with E-state index in [9.17, 15) is 9.59 Å². The van der Waals surface area contributed by atoms with Crippen LogP contribution in [0.15, 0.2) is 22.8 Å². The molecule has 0 saturated carbocycles. The van der Waals surface area contributed by atoms with Crippen molar-refractivity contribution in [1.29, 1.82) is 0 Å². The standard InChI is InChI=1S/C11H13BrN2O3/c1-6(2)9(11(16)17)14-10(15)8-4-3-7(12)5-13-8/h3-6,9H,1-2H3,(H,14,15)(H,16,17)/t9-/m0/s1. The quantitative estimate of drug-likeness (QED) is 0.887. The molecular weight excluding hydrogens is 288 g/mol. The number of hydrogen-bond acceptors (Lipinski definition) is 3. The second-order valence-corrected chi connectivity index (χ2v) is 4.81. The smallest absolute Gasteiger partial charge is 0.326 e. The van der Waals surface area contributed by atoms with E-state index in [-0.39, 0.29) is 11.6 Å². The highest BCUT2D eigenvalue weighted by Gasteiger charge is 2.24. The number of rotatable bonds is 4. The first-order valence-corrected chi connectivity index (χ1v) is 5.86. The molecule has 0 saturated heterocycles. The van der Waals surface area contributed by atoms with Crippen molar-refractivity contribution in [3.05, 3.63) is 28.5 Å². The lowest BCUT2D eigenvalue weighted by molar-refractivity contribution is -0.140. The SMILES string of the molecule is CC(C)[C@H](NC(=O)c1ccc(Br)cn1)C(=O)O. The average Bonchev–Trinajstić information content (AvgIpc) is 2.25. The first-order chi connectivity index (χ1) is 7.91. The highest BCUT2D eigenvalue weighted by molar-refractivity contribution is 9.10. The average molecular weight is 301 g/mol. The first-order valence-electron chi connectivity index (χ1n) is 5.07. The Morgan fingerprint density at radius 2 is 2.06 bits per heavy atom. The van der Waals surface area contributed by atoms with Crippen molar-refractivity contribution < 1.29 is 14.7 Å². The maximum atomic E-state index is 11.7. The number of amides is 1. The Labute approximate surface area is 107 Å². The van der Waals surface area contributed by atoms with Gasteiger partial charge in [-0.2, -0.15) is 0 Å². The van der Waals surface area contributed by atoms with Gasteiger partial charge >= 0.3 is 5.97 Å². The van der Waals surface area contributed by atoms with Crippen molar-refractivity contribution in [2.75, 3.05) is 0 Å². The van der Waals surface area contributed by atoms with Crippen molar-refractivity contribution in [1.82, 2.24) is 10.3 Å². The van der Waals surface area contributed by atoms with E-state index in [4.69, 9.17) is 5.11 Å². The molecule has 1 heterocycles. The number of carboxylic acid groups (broad SMARTS) is 1. The summed E-state index contributed by atoms with van der Waals surface area (Å²) < 4.78 is 0.757. The summed E-state index contributed by atoms with van der Waals surface area (Å²) in [5.74, 6) is -1.73. The summed E-state index contributed by atoms with van der Waals surface area (Å²) >= 11 is 3.20. The highest BCUT2D eigenvalue weighted by Crippen LogP contribution is 2.08. The van der Waals surface area contributed by atoms with Crippen LogP contribution < -0.4 is 5.32 Å². The van der Waals surface area contributed by atoms with Crippen molar-refractivity contribution in [3.63, 3.8) is 0 Å². The Kier molecular flexibility index (Phi) is 4.62. The maximum Gasteiger partial charge on any atom is 0.326 e. The summed E-state index contributed by atoms with van der Waals surface area (Å²) in [7, 11) is 0. The van der Waals surface area contributed by atoms with Crippen LogP contribution in [0.1, 0.15) is 24.3 Å². The van der Waals surface area contributed by atoms with E-state index < -0.39 is 17.9 Å². The van der Waals surface area contributed by atoms with E-state index in [1.165, 1.54) is 12.3 Å². The van der Waals surface area contributed by atoms with E-state index in [2.05, 4.69) is 26.2 Å². The van der Waals surface area contributed by atoms with Crippen LogP contribution in [0, 0.1) is 5.92 Å². The number of carboxylic acids is 1. The molecule has 0 bridgehead atoms. The Hall–Kier alpha value is -1.43. The zero-order chi connectivity index (χ0) is 13.0. The molecule has 0 aliphatic carbocycles. The van der Waals surface area contributed by atoms with Gasteiger partial charge in [0.05, 0.1) is 0 Å². The lowest BCUT2D eigenvalue weighted by atomic mass is 10.0. The van der Waals surface area contributed by atoms with E-state index in [1.54, 1.807) is 19.9 Å². The third-order valence-electron chi connectivity index (χ3n) is 2.18. The van der Waals surface area contributed by atoms with Gasteiger partial charge in [0.15, 0.2) is 0 Å². The zero-order valence-electron chi connectivity index (χ0n) is 9.48. The highest BCUT2D eigenvalue weighted by atomic mass is 79.9. The number of nitrogens with one attached hydrogen (secondary N) is 1. The van der Waals surface area contributed by atoms with Crippen molar-refractivity contribution >= 4 is 27.8 Å². The Bertz CT molecular complexity index is 417. The normalized spacial score (nSPS) is 12.2. The van der Waals surface area contributed by atoms with Crippen molar-refractivity contribution in [2.45, 2.75) is 19.9 Å². The van der Waals surface area contributed by atoms with Crippen LogP contribution in [0.25, 0.3) is 0 Å². The minimum absolute atomic E-state index is 0.188. The summed E-state index contributed by atoms with van der Waals surface area (Å²) in [5.41, 5.74) is 0.195. The molecule has 0 radical (unpaired) electrons. The molecule has 6 heteroatoms. The third kappa shape index (κ3) is 3.81. The largest absolute Gasteiger partial charge is 0.480 e. The minimum atomic E-state index is -1.05. The van der Waals surface area contributed by atoms with Crippen molar-refractivity contribution in [3.8, 4) is 0 Å². The Balaban J connectivity index is 2.77. The molecule has 1 aromatic rings. The van der Waals surface area contributed by atoms with Gasteiger partial charge in [0.25, 0.3) is 5.91 Å². The zero-order valence-corrected chi connectivity index (χ0v) is 11.1. The molecule has 2 N–H and O–H groups in total. The van der Waals surface area contributed by atoms with Gasteiger partial charge in [-0.25, -0.2) is 9.78 Å². The Morgan fingerprint density at radius 3 is 2.47 bits per heavy atom.